The lowest BCUT2D eigenvalue weighted by Crippen LogP contribution is -2.38. The highest BCUT2D eigenvalue weighted by atomic mass is 15.1. The molecule has 3 aliphatic carbocycles. The SMILES string of the molecule is CN(CC1CCCCC1CN)CC1CC2CCC1C2. The number of fused-ring (bicyclic) bond motifs is 2. The summed E-state index contributed by atoms with van der Waals surface area (Å²) in [6.45, 7) is 3.57. The summed E-state index contributed by atoms with van der Waals surface area (Å²) in [6, 6.07) is 0. The number of hydrogen-bond acceptors (Lipinski definition) is 2. The molecule has 2 nitrogen and oxygen atoms in total. The van der Waals surface area contributed by atoms with Gasteiger partial charge in [-0.25, -0.2) is 0 Å². The summed E-state index contributed by atoms with van der Waals surface area (Å²) >= 11 is 0. The third kappa shape index (κ3) is 3.16. The maximum Gasteiger partial charge on any atom is 0.000985 e. The highest BCUT2D eigenvalue weighted by molar-refractivity contribution is 4.91. The van der Waals surface area contributed by atoms with Crippen LogP contribution in [0.15, 0.2) is 0 Å². The van der Waals surface area contributed by atoms with Gasteiger partial charge in [0.25, 0.3) is 0 Å². The predicted molar refractivity (Wildman–Crippen MR) is 80.9 cm³/mol. The highest BCUT2D eigenvalue weighted by Gasteiger charge is 2.39. The number of hydrogen-bond donors (Lipinski definition) is 1. The molecular formula is C17H32N2. The van der Waals surface area contributed by atoms with Gasteiger partial charge in [-0.2, -0.15) is 0 Å². The molecule has 0 spiro atoms. The summed E-state index contributed by atoms with van der Waals surface area (Å²) in [5.41, 5.74) is 5.96. The van der Waals surface area contributed by atoms with Crippen LogP contribution in [0.1, 0.15) is 51.4 Å². The van der Waals surface area contributed by atoms with E-state index in [1.54, 1.807) is 6.42 Å². The molecule has 0 radical (unpaired) electrons. The number of nitrogens with zero attached hydrogens (tertiary/aromatic N) is 1. The van der Waals surface area contributed by atoms with Gasteiger partial charge in [-0.1, -0.05) is 19.3 Å². The van der Waals surface area contributed by atoms with Crippen LogP contribution in [-0.4, -0.2) is 31.6 Å². The zero-order valence-corrected chi connectivity index (χ0v) is 12.7. The molecule has 0 aromatic rings. The number of rotatable bonds is 5. The van der Waals surface area contributed by atoms with Gasteiger partial charge in [-0.3, -0.25) is 0 Å². The highest BCUT2D eigenvalue weighted by Crippen LogP contribution is 2.48. The smallest absolute Gasteiger partial charge is 0.000985 e. The zero-order valence-electron chi connectivity index (χ0n) is 12.7. The summed E-state index contributed by atoms with van der Waals surface area (Å²) in [5.74, 6) is 4.86. The normalized spacial score (nSPS) is 42.2. The van der Waals surface area contributed by atoms with Gasteiger partial charge >= 0.3 is 0 Å². The molecule has 3 aliphatic rings. The van der Waals surface area contributed by atoms with Crippen molar-refractivity contribution in [3.05, 3.63) is 0 Å². The van der Waals surface area contributed by atoms with Crippen LogP contribution in [0.3, 0.4) is 0 Å². The third-order valence-electron chi connectivity index (χ3n) is 6.35. The molecule has 3 saturated carbocycles. The minimum Gasteiger partial charge on any atom is -0.330 e. The largest absolute Gasteiger partial charge is 0.330 e. The minimum atomic E-state index is 0.802. The van der Waals surface area contributed by atoms with E-state index in [1.165, 1.54) is 58.0 Å². The molecular weight excluding hydrogens is 232 g/mol. The van der Waals surface area contributed by atoms with Crippen molar-refractivity contribution in [2.24, 2.45) is 35.3 Å². The average molecular weight is 264 g/mol. The van der Waals surface area contributed by atoms with E-state index in [4.69, 9.17) is 5.73 Å². The maximum atomic E-state index is 5.96. The quantitative estimate of drug-likeness (QED) is 0.826. The Morgan fingerprint density at radius 2 is 1.63 bits per heavy atom. The molecule has 0 amide bonds. The fraction of sp³-hybridized carbons (Fsp3) is 1.00. The van der Waals surface area contributed by atoms with Gasteiger partial charge in [-0.05, 0) is 75.3 Å². The van der Waals surface area contributed by atoms with Crippen LogP contribution in [0.25, 0.3) is 0 Å². The molecule has 3 fully saturated rings. The van der Waals surface area contributed by atoms with Crippen molar-refractivity contribution in [3.8, 4) is 0 Å². The van der Waals surface area contributed by atoms with E-state index in [2.05, 4.69) is 11.9 Å². The lowest BCUT2D eigenvalue weighted by molar-refractivity contribution is 0.146. The second kappa shape index (κ2) is 6.13. The Bertz CT molecular complexity index is 291. The van der Waals surface area contributed by atoms with Crippen LogP contribution in [0.5, 0.6) is 0 Å². The summed E-state index contributed by atoms with van der Waals surface area (Å²) in [4.78, 5) is 2.64. The van der Waals surface area contributed by atoms with E-state index in [-0.39, 0.29) is 0 Å². The van der Waals surface area contributed by atoms with Gasteiger partial charge in [0.2, 0.25) is 0 Å². The maximum absolute atomic E-state index is 5.96. The lowest BCUT2D eigenvalue weighted by Gasteiger charge is -2.35. The van der Waals surface area contributed by atoms with Crippen molar-refractivity contribution < 1.29 is 0 Å². The Morgan fingerprint density at radius 1 is 0.895 bits per heavy atom. The van der Waals surface area contributed by atoms with Crippen molar-refractivity contribution in [1.82, 2.24) is 4.90 Å². The third-order valence-corrected chi connectivity index (χ3v) is 6.35. The van der Waals surface area contributed by atoms with Crippen LogP contribution in [-0.2, 0) is 0 Å². The molecule has 2 heteroatoms. The van der Waals surface area contributed by atoms with E-state index in [9.17, 15) is 0 Å². The van der Waals surface area contributed by atoms with Gasteiger partial charge < -0.3 is 10.6 Å². The van der Waals surface area contributed by atoms with Crippen molar-refractivity contribution in [2.45, 2.75) is 51.4 Å². The fourth-order valence-corrected chi connectivity index (χ4v) is 5.31. The van der Waals surface area contributed by atoms with Crippen molar-refractivity contribution in [1.29, 1.82) is 0 Å². The van der Waals surface area contributed by atoms with E-state index < -0.39 is 0 Å². The Morgan fingerprint density at radius 3 is 2.26 bits per heavy atom. The average Bonchev–Trinajstić information content (AvgIpc) is 3.01. The van der Waals surface area contributed by atoms with Gasteiger partial charge in [0, 0.05) is 13.1 Å². The standard InChI is InChI=1S/C17H32N2/c1-19(11-16-5-3-2-4-15(16)10-18)12-17-9-13-6-7-14(17)8-13/h13-17H,2-12,18H2,1H3. The molecule has 3 rings (SSSR count). The summed E-state index contributed by atoms with van der Waals surface area (Å²) in [5, 5.41) is 0. The summed E-state index contributed by atoms with van der Waals surface area (Å²) < 4.78 is 0. The van der Waals surface area contributed by atoms with Crippen LogP contribution in [0, 0.1) is 29.6 Å². The van der Waals surface area contributed by atoms with Crippen LogP contribution in [0.2, 0.25) is 0 Å². The van der Waals surface area contributed by atoms with Crippen molar-refractivity contribution in [2.75, 3.05) is 26.7 Å². The first-order valence-corrected chi connectivity index (χ1v) is 8.65. The summed E-state index contributed by atoms with van der Waals surface area (Å²) in [6.07, 6.45) is 11.8. The van der Waals surface area contributed by atoms with E-state index in [0.29, 0.717) is 0 Å². The summed E-state index contributed by atoms with van der Waals surface area (Å²) in [7, 11) is 2.36. The molecule has 5 atom stereocenters. The fourth-order valence-electron chi connectivity index (χ4n) is 5.31. The van der Waals surface area contributed by atoms with E-state index in [0.717, 1.165) is 36.1 Å². The second-order valence-corrected chi connectivity index (χ2v) is 7.70. The first-order valence-electron chi connectivity index (χ1n) is 8.65. The molecule has 2 bridgehead atoms. The van der Waals surface area contributed by atoms with Gasteiger partial charge in [-0.15, -0.1) is 0 Å². The second-order valence-electron chi connectivity index (χ2n) is 7.70. The van der Waals surface area contributed by atoms with Crippen molar-refractivity contribution >= 4 is 0 Å². The Kier molecular flexibility index (Phi) is 4.48. The monoisotopic (exact) mass is 264 g/mol. The van der Waals surface area contributed by atoms with Gasteiger partial charge in [0.15, 0.2) is 0 Å². The number of nitrogens with two attached hydrogens (primary N) is 1. The molecule has 0 heterocycles. The molecule has 110 valence electrons. The molecule has 5 unspecified atom stereocenters. The molecule has 19 heavy (non-hydrogen) atoms. The minimum absolute atomic E-state index is 0.802. The van der Waals surface area contributed by atoms with Crippen LogP contribution < -0.4 is 5.73 Å². The van der Waals surface area contributed by atoms with Crippen molar-refractivity contribution in [3.63, 3.8) is 0 Å². The van der Waals surface area contributed by atoms with Crippen LogP contribution >= 0.6 is 0 Å². The van der Waals surface area contributed by atoms with Crippen LogP contribution in [0.4, 0.5) is 0 Å². The molecule has 0 saturated heterocycles. The first kappa shape index (κ1) is 13.9. The van der Waals surface area contributed by atoms with Gasteiger partial charge in [0.1, 0.15) is 0 Å². The van der Waals surface area contributed by atoms with Gasteiger partial charge in [0.05, 0.1) is 0 Å². The molecule has 2 N–H and O–H groups in total. The zero-order chi connectivity index (χ0) is 13.2. The molecule has 0 aromatic carbocycles. The molecule has 0 aliphatic heterocycles. The Labute approximate surface area is 119 Å². The Balaban J connectivity index is 1.46. The van der Waals surface area contributed by atoms with E-state index >= 15 is 0 Å². The van der Waals surface area contributed by atoms with E-state index in [1.807, 2.05) is 0 Å². The molecule has 0 aromatic heterocycles. The first-order chi connectivity index (χ1) is 9.26. The predicted octanol–water partition coefficient (Wildman–Crippen LogP) is 3.12. The Hall–Kier alpha value is -0.0800. The topological polar surface area (TPSA) is 29.3 Å². The lowest BCUT2D eigenvalue weighted by atomic mass is 9.79.